The van der Waals surface area contributed by atoms with Crippen molar-refractivity contribution in [3.05, 3.63) is 54.1 Å². The lowest BCUT2D eigenvalue weighted by atomic mass is 10.0. The van der Waals surface area contributed by atoms with Gasteiger partial charge in [0.2, 0.25) is 10.0 Å². The first-order valence-corrected chi connectivity index (χ1v) is 10.2. The lowest BCUT2D eigenvalue weighted by Crippen LogP contribution is -2.50. The monoisotopic (exact) mass is 358 g/mol. The molecule has 0 N–H and O–H groups in total. The molecule has 2 aromatic carbocycles. The number of nitrogens with zero attached hydrogens (tertiary/aromatic N) is 2. The average Bonchev–Trinajstić information content (AvgIpc) is 2.62. The Kier molecular flexibility index (Phi) is 5.27. The van der Waals surface area contributed by atoms with Crippen molar-refractivity contribution in [3.63, 3.8) is 0 Å². The van der Waals surface area contributed by atoms with Crippen molar-refractivity contribution in [1.82, 2.24) is 9.21 Å². The van der Waals surface area contributed by atoms with Crippen molar-refractivity contribution in [2.45, 2.75) is 31.7 Å². The second kappa shape index (κ2) is 7.28. The molecule has 1 heterocycles. The van der Waals surface area contributed by atoms with Gasteiger partial charge in [-0.05, 0) is 44.0 Å². The van der Waals surface area contributed by atoms with Crippen LogP contribution in [0.15, 0.2) is 53.4 Å². The van der Waals surface area contributed by atoms with Crippen molar-refractivity contribution in [3.8, 4) is 11.1 Å². The SMILES string of the molecule is Cc1ccc(-c2ccc(S(=O)(=O)N3CCN(C(C)C)CC3)cc2)cc1. The standard InChI is InChI=1S/C20H26N2O2S/c1-16(2)21-12-14-22(15-13-21)25(23,24)20-10-8-19(9-11-20)18-6-4-17(3)5-7-18/h4-11,16H,12-15H2,1-3H3. The molecular formula is C20H26N2O2S. The van der Waals surface area contributed by atoms with E-state index in [1.54, 1.807) is 16.4 Å². The molecule has 2 aromatic rings. The molecule has 0 radical (unpaired) electrons. The van der Waals surface area contributed by atoms with E-state index in [-0.39, 0.29) is 0 Å². The zero-order chi connectivity index (χ0) is 18.0. The average molecular weight is 359 g/mol. The van der Waals surface area contributed by atoms with Gasteiger partial charge in [-0.2, -0.15) is 4.31 Å². The first-order chi connectivity index (χ1) is 11.9. The summed E-state index contributed by atoms with van der Waals surface area (Å²) >= 11 is 0. The van der Waals surface area contributed by atoms with Crippen LogP contribution in [0.25, 0.3) is 11.1 Å². The van der Waals surface area contributed by atoms with Crippen LogP contribution in [-0.4, -0.2) is 49.8 Å². The molecule has 0 saturated carbocycles. The summed E-state index contributed by atoms with van der Waals surface area (Å²) in [6.45, 7) is 9.04. The molecule has 0 unspecified atom stereocenters. The van der Waals surface area contributed by atoms with Gasteiger partial charge in [0.05, 0.1) is 4.90 Å². The Hall–Kier alpha value is -1.69. The molecule has 1 saturated heterocycles. The smallest absolute Gasteiger partial charge is 0.243 e. The van der Waals surface area contributed by atoms with Crippen LogP contribution < -0.4 is 0 Å². The van der Waals surface area contributed by atoms with Gasteiger partial charge >= 0.3 is 0 Å². The summed E-state index contributed by atoms with van der Waals surface area (Å²) in [5, 5.41) is 0. The molecule has 1 aliphatic rings. The molecule has 0 spiro atoms. The molecule has 1 fully saturated rings. The van der Waals surface area contributed by atoms with Crippen molar-refractivity contribution in [2.24, 2.45) is 0 Å². The van der Waals surface area contributed by atoms with E-state index >= 15 is 0 Å². The summed E-state index contributed by atoms with van der Waals surface area (Å²) in [6.07, 6.45) is 0. The summed E-state index contributed by atoms with van der Waals surface area (Å²) in [7, 11) is -3.41. The highest BCUT2D eigenvalue weighted by Gasteiger charge is 2.29. The first kappa shape index (κ1) is 18.1. The summed E-state index contributed by atoms with van der Waals surface area (Å²) in [6, 6.07) is 15.9. The van der Waals surface area contributed by atoms with E-state index in [0.29, 0.717) is 24.0 Å². The van der Waals surface area contributed by atoms with Gasteiger partial charge in [-0.25, -0.2) is 8.42 Å². The minimum Gasteiger partial charge on any atom is -0.298 e. The number of benzene rings is 2. The Labute approximate surface area is 151 Å². The van der Waals surface area contributed by atoms with Gasteiger partial charge in [0.1, 0.15) is 0 Å². The molecule has 5 heteroatoms. The summed E-state index contributed by atoms with van der Waals surface area (Å²) in [5.41, 5.74) is 3.34. The van der Waals surface area contributed by atoms with Gasteiger partial charge in [-0.1, -0.05) is 42.0 Å². The molecule has 0 amide bonds. The second-order valence-electron chi connectivity index (χ2n) is 6.92. The van der Waals surface area contributed by atoms with Crippen LogP contribution >= 0.6 is 0 Å². The number of hydrogen-bond acceptors (Lipinski definition) is 3. The number of aryl methyl sites for hydroxylation is 1. The number of rotatable bonds is 4. The van der Waals surface area contributed by atoms with Gasteiger partial charge in [-0.3, -0.25) is 4.90 Å². The summed E-state index contributed by atoms with van der Waals surface area (Å²) in [5.74, 6) is 0. The van der Waals surface area contributed by atoms with E-state index in [0.717, 1.165) is 24.2 Å². The molecule has 1 aliphatic heterocycles. The third kappa shape index (κ3) is 3.94. The Morgan fingerprint density at radius 3 is 1.76 bits per heavy atom. The molecule has 0 atom stereocenters. The van der Waals surface area contributed by atoms with Gasteiger partial charge < -0.3 is 0 Å². The lowest BCUT2D eigenvalue weighted by Gasteiger charge is -2.36. The van der Waals surface area contributed by atoms with E-state index in [4.69, 9.17) is 0 Å². The highest BCUT2D eigenvalue weighted by Crippen LogP contribution is 2.24. The molecule has 0 aromatic heterocycles. The van der Waals surface area contributed by atoms with Crippen molar-refractivity contribution in [2.75, 3.05) is 26.2 Å². The van der Waals surface area contributed by atoms with Crippen LogP contribution in [0.4, 0.5) is 0 Å². The Morgan fingerprint density at radius 2 is 1.28 bits per heavy atom. The van der Waals surface area contributed by atoms with Crippen LogP contribution in [0.1, 0.15) is 19.4 Å². The third-order valence-electron chi connectivity index (χ3n) is 4.88. The Morgan fingerprint density at radius 1 is 0.800 bits per heavy atom. The van der Waals surface area contributed by atoms with E-state index in [1.807, 2.05) is 12.1 Å². The lowest BCUT2D eigenvalue weighted by molar-refractivity contribution is 0.154. The fraction of sp³-hybridized carbons (Fsp3) is 0.400. The highest BCUT2D eigenvalue weighted by atomic mass is 32.2. The Balaban J connectivity index is 1.76. The topological polar surface area (TPSA) is 40.6 Å². The minimum atomic E-state index is -3.41. The second-order valence-corrected chi connectivity index (χ2v) is 8.86. The van der Waals surface area contributed by atoms with Crippen molar-refractivity contribution >= 4 is 10.0 Å². The predicted molar refractivity (Wildman–Crippen MR) is 102 cm³/mol. The molecule has 3 rings (SSSR count). The maximum absolute atomic E-state index is 12.9. The molecular weight excluding hydrogens is 332 g/mol. The number of piperazine rings is 1. The molecule has 134 valence electrons. The highest BCUT2D eigenvalue weighted by molar-refractivity contribution is 7.89. The molecule has 0 bridgehead atoms. The largest absolute Gasteiger partial charge is 0.298 e. The van der Waals surface area contributed by atoms with Crippen LogP contribution in [0.2, 0.25) is 0 Å². The van der Waals surface area contributed by atoms with E-state index in [1.165, 1.54) is 5.56 Å². The van der Waals surface area contributed by atoms with E-state index < -0.39 is 10.0 Å². The molecule has 25 heavy (non-hydrogen) atoms. The first-order valence-electron chi connectivity index (χ1n) is 8.79. The minimum absolute atomic E-state index is 0.376. The van der Waals surface area contributed by atoms with Crippen LogP contribution in [-0.2, 0) is 10.0 Å². The zero-order valence-corrected chi connectivity index (χ0v) is 16.0. The normalized spacial score (nSPS) is 17.1. The fourth-order valence-corrected chi connectivity index (χ4v) is 4.60. The molecule has 0 aliphatic carbocycles. The van der Waals surface area contributed by atoms with Gasteiger partial charge in [0.15, 0.2) is 0 Å². The number of hydrogen-bond donors (Lipinski definition) is 0. The van der Waals surface area contributed by atoms with Gasteiger partial charge in [0.25, 0.3) is 0 Å². The maximum atomic E-state index is 12.9. The number of sulfonamides is 1. The van der Waals surface area contributed by atoms with Gasteiger partial charge in [-0.15, -0.1) is 0 Å². The summed E-state index contributed by atoms with van der Waals surface area (Å²) in [4.78, 5) is 2.69. The van der Waals surface area contributed by atoms with Crippen molar-refractivity contribution < 1.29 is 8.42 Å². The Bertz CT molecular complexity index is 804. The maximum Gasteiger partial charge on any atom is 0.243 e. The summed E-state index contributed by atoms with van der Waals surface area (Å²) < 4.78 is 27.3. The van der Waals surface area contributed by atoms with Gasteiger partial charge in [0, 0.05) is 32.2 Å². The fourth-order valence-electron chi connectivity index (χ4n) is 3.17. The van der Waals surface area contributed by atoms with Crippen molar-refractivity contribution in [1.29, 1.82) is 0 Å². The zero-order valence-electron chi connectivity index (χ0n) is 15.1. The van der Waals surface area contributed by atoms with Crippen LogP contribution in [0.5, 0.6) is 0 Å². The predicted octanol–water partition coefficient (Wildman–Crippen LogP) is 3.38. The van der Waals surface area contributed by atoms with E-state index in [9.17, 15) is 8.42 Å². The van der Waals surface area contributed by atoms with E-state index in [2.05, 4.69) is 49.9 Å². The quantitative estimate of drug-likeness (QED) is 0.841. The molecule has 4 nitrogen and oxygen atoms in total. The van der Waals surface area contributed by atoms with Crippen LogP contribution in [0, 0.1) is 6.92 Å². The third-order valence-corrected chi connectivity index (χ3v) is 6.79. The van der Waals surface area contributed by atoms with Crippen LogP contribution in [0.3, 0.4) is 0 Å².